The van der Waals surface area contributed by atoms with Crippen molar-refractivity contribution < 1.29 is 0 Å². The van der Waals surface area contributed by atoms with E-state index in [9.17, 15) is 0 Å². The van der Waals surface area contributed by atoms with Crippen molar-refractivity contribution in [3.63, 3.8) is 0 Å². The van der Waals surface area contributed by atoms with Gasteiger partial charge in [0.25, 0.3) is 6.71 Å². The summed E-state index contributed by atoms with van der Waals surface area (Å²) in [6.07, 6.45) is 4.96. The minimum atomic E-state index is -0.0299. The lowest BCUT2D eigenvalue weighted by Crippen LogP contribution is -2.64. The fourth-order valence-corrected chi connectivity index (χ4v) is 9.60. The molecule has 5 aromatic carbocycles. The van der Waals surface area contributed by atoms with Gasteiger partial charge < -0.3 is 9.80 Å². The zero-order chi connectivity index (χ0) is 29.2. The summed E-state index contributed by atoms with van der Waals surface area (Å²) in [6, 6.07) is 45.3. The third kappa shape index (κ3) is 2.81. The van der Waals surface area contributed by atoms with E-state index in [1.165, 1.54) is 92.8 Å². The second kappa shape index (κ2) is 8.48. The van der Waals surface area contributed by atoms with Crippen LogP contribution in [0.15, 0.2) is 121 Å². The van der Waals surface area contributed by atoms with Crippen molar-refractivity contribution >= 4 is 62.6 Å². The second-order valence-corrected chi connectivity index (χ2v) is 13.6. The Morgan fingerprint density at radius 2 is 1.30 bits per heavy atom. The smallest absolute Gasteiger partial charge is 0.255 e. The second-order valence-electron chi connectivity index (χ2n) is 13.6. The summed E-state index contributed by atoms with van der Waals surface area (Å²) in [6.45, 7) is 5.28. The summed E-state index contributed by atoms with van der Waals surface area (Å²) >= 11 is 0. The maximum absolute atomic E-state index is 2.84. The van der Waals surface area contributed by atoms with Crippen LogP contribution in [0.3, 0.4) is 0 Å². The molecule has 3 aliphatic heterocycles. The van der Waals surface area contributed by atoms with Gasteiger partial charge in [0.05, 0.1) is 11.1 Å². The van der Waals surface area contributed by atoms with Crippen molar-refractivity contribution in [1.29, 1.82) is 0 Å². The number of benzene rings is 5. The first kappa shape index (κ1) is 24.7. The van der Waals surface area contributed by atoms with Crippen molar-refractivity contribution in [3.8, 4) is 5.69 Å². The zero-order valence-electron chi connectivity index (χ0n) is 25.3. The van der Waals surface area contributed by atoms with Crippen LogP contribution in [0, 0.1) is 0 Å². The molecule has 212 valence electrons. The summed E-state index contributed by atoms with van der Waals surface area (Å²) in [5.41, 5.74) is 13.7. The van der Waals surface area contributed by atoms with E-state index in [2.05, 4.69) is 150 Å². The monoisotopic (exact) mass is 567 g/mol. The van der Waals surface area contributed by atoms with E-state index in [1.54, 1.807) is 0 Å². The molecular weight excluding hydrogens is 533 g/mol. The Balaban J connectivity index is 1.41. The maximum Gasteiger partial charge on any atom is 0.255 e. The normalized spacial score (nSPS) is 22.5. The molecule has 10 rings (SSSR count). The highest BCUT2D eigenvalue weighted by atomic mass is 15.3. The Bertz CT molecular complexity index is 2130. The number of hydrogen-bond donors (Lipinski definition) is 0. The van der Waals surface area contributed by atoms with E-state index < -0.39 is 0 Å². The van der Waals surface area contributed by atoms with Gasteiger partial charge in [-0.3, -0.25) is 4.57 Å². The molecular formula is C40H34BN3. The highest BCUT2D eigenvalue weighted by molar-refractivity contribution is 7.01. The first-order valence-corrected chi connectivity index (χ1v) is 16.2. The van der Waals surface area contributed by atoms with Gasteiger partial charge in [0.2, 0.25) is 0 Å². The summed E-state index contributed by atoms with van der Waals surface area (Å²) in [5, 5.41) is 1.36. The minimum absolute atomic E-state index is 0.0299. The van der Waals surface area contributed by atoms with Crippen LogP contribution in [0.2, 0.25) is 0 Å². The predicted octanol–water partition coefficient (Wildman–Crippen LogP) is 7.99. The molecule has 1 aromatic heterocycles. The SMILES string of the molecule is CC12CCCCC1(C)N1c3c2ccc2c3B(c3ccccc3N2c2ccccc2)c2c1n(-c1ccccc1)c1ccccc21. The van der Waals surface area contributed by atoms with E-state index >= 15 is 0 Å². The van der Waals surface area contributed by atoms with E-state index in [4.69, 9.17) is 0 Å². The molecule has 0 N–H and O–H groups in total. The summed E-state index contributed by atoms with van der Waals surface area (Å²) in [7, 11) is 0. The average Bonchev–Trinajstić information content (AvgIpc) is 3.51. The van der Waals surface area contributed by atoms with Gasteiger partial charge in [0.15, 0.2) is 0 Å². The highest BCUT2D eigenvalue weighted by Crippen LogP contribution is 2.62. The van der Waals surface area contributed by atoms with Gasteiger partial charge in [-0.15, -0.1) is 0 Å². The molecule has 6 aromatic rings. The van der Waals surface area contributed by atoms with Gasteiger partial charge in [-0.2, -0.15) is 0 Å². The third-order valence-electron chi connectivity index (χ3n) is 11.7. The first-order chi connectivity index (χ1) is 21.6. The summed E-state index contributed by atoms with van der Waals surface area (Å²) < 4.78 is 2.59. The van der Waals surface area contributed by atoms with Crippen LogP contribution < -0.4 is 26.2 Å². The molecule has 4 aliphatic rings. The number of nitrogens with zero attached hydrogens (tertiary/aromatic N) is 3. The summed E-state index contributed by atoms with van der Waals surface area (Å²) in [4.78, 5) is 5.36. The lowest BCUT2D eigenvalue weighted by atomic mass is 9.33. The molecule has 1 saturated carbocycles. The number of anilines is 5. The van der Waals surface area contributed by atoms with Crippen LogP contribution in [-0.2, 0) is 5.41 Å². The molecule has 1 aliphatic carbocycles. The Morgan fingerprint density at radius 3 is 2.11 bits per heavy atom. The molecule has 2 unspecified atom stereocenters. The van der Waals surface area contributed by atoms with Crippen LogP contribution >= 0.6 is 0 Å². The molecule has 0 saturated heterocycles. The van der Waals surface area contributed by atoms with Crippen molar-refractivity contribution in [1.82, 2.24) is 4.57 Å². The standard InChI is InChI=1S/C40H34BN3/c1-39-25-13-14-26-40(39,2)44-37-30(39)23-24-34-36(37)41(31-20-10-12-22-33(31)42(34)27-15-5-3-6-16-27)35-29-19-9-11-21-32(29)43(38(35)44)28-17-7-4-8-18-28/h3-12,15-24H,13-14,25-26H2,1-2H3. The fourth-order valence-electron chi connectivity index (χ4n) is 9.60. The molecule has 0 radical (unpaired) electrons. The number of hydrogen-bond acceptors (Lipinski definition) is 2. The largest absolute Gasteiger partial charge is 0.321 e. The molecule has 2 atom stereocenters. The van der Waals surface area contributed by atoms with Crippen LogP contribution in [0.5, 0.6) is 0 Å². The average molecular weight is 568 g/mol. The molecule has 3 nitrogen and oxygen atoms in total. The van der Waals surface area contributed by atoms with Crippen LogP contribution in [0.1, 0.15) is 45.1 Å². The Hall–Kier alpha value is -4.70. The molecule has 1 fully saturated rings. The molecule has 4 heteroatoms. The first-order valence-electron chi connectivity index (χ1n) is 16.2. The fraction of sp³-hybridized carbons (Fsp3) is 0.200. The van der Waals surface area contributed by atoms with Crippen molar-refractivity contribution in [2.75, 3.05) is 9.80 Å². The predicted molar refractivity (Wildman–Crippen MR) is 185 cm³/mol. The van der Waals surface area contributed by atoms with Gasteiger partial charge in [0.1, 0.15) is 5.82 Å². The number of aromatic nitrogens is 1. The molecule has 0 bridgehead atoms. The van der Waals surface area contributed by atoms with E-state index in [1.807, 2.05) is 0 Å². The van der Waals surface area contributed by atoms with Gasteiger partial charge in [0, 0.05) is 33.9 Å². The highest BCUT2D eigenvalue weighted by Gasteiger charge is 2.62. The molecule has 0 spiro atoms. The van der Waals surface area contributed by atoms with E-state index in [0.29, 0.717) is 0 Å². The quantitative estimate of drug-likeness (QED) is 0.196. The molecule has 0 amide bonds. The third-order valence-corrected chi connectivity index (χ3v) is 11.7. The Morgan fingerprint density at radius 1 is 0.614 bits per heavy atom. The van der Waals surface area contributed by atoms with Crippen molar-refractivity contribution in [2.45, 2.75) is 50.5 Å². The van der Waals surface area contributed by atoms with Crippen LogP contribution in [0.4, 0.5) is 28.6 Å². The van der Waals surface area contributed by atoms with Crippen molar-refractivity contribution in [2.24, 2.45) is 0 Å². The van der Waals surface area contributed by atoms with Crippen LogP contribution in [-0.4, -0.2) is 16.8 Å². The Kier molecular flexibility index (Phi) is 4.76. The van der Waals surface area contributed by atoms with Crippen molar-refractivity contribution in [3.05, 3.63) is 127 Å². The topological polar surface area (TPSA) is 11.4 Å². The molecule has 44 heavy (non-hydrogen) atoms. The molecule has 4 heterocycles. The number of rotatable bonds is 2. The van der Waals surface area contributed by atoms with Gasteiger partial charge >= 0.3 is 0 Å². The van der Waals surface area contributed by atoms with Gasteiger partial charge in [-0.05, 0) is 89.6 Å². The van der Waals surface area contributed by atoms with Gasteiger partial charge in [-0.25, -0.2) is 0 Å². The van der Waals surface area contributed by atoms with Crippen LogP contribution in [0.25, 0.3) is 16.6 Å². The lowest BCUT2D eigenvalue weighted by molar-refractivity contribution is 0.194. The van der Waals surface area contributed by atoms with E-state index in [0.717, 1.165) is 0 Å². The summed E-state index contributed by atoms with van der Waals surface area (Å²) in [5.74, 6) is 1.37. The number of fused-ring (bicyclic) bond motifs is 10. The van der Waals surface area contributed by atoms with Gasteiger partial charge in [-0.1, -0.05) is 98.6 Å². The Labute approximate surface area is 259 Å². The minimum Gasteiger partial charge on any atom is -0.321 e. The lowest BCUT2D eigenvalue weighted by Gasteiger charge is -2.52. The van der Waals surface area contributed by atoms with E-state index in [-0.39, 0.29) is 17.7 Å². The number of para-hydroxylation sites is 4. The zero-order valence-corrected chi connectivity index (χ0v) is 25.3. The maximum atomic E-state index is 2.84.